The van der Waals surface area contributed by atoms with Gasteiger partial charge in [-0.05, 0) is 11.1 Å². The molecule has 1 aromatic heterocycles. The highest BCUT2D eigenvalue weighted by atomic mass is 32.2. The number of oxime groups is 1. The van der Waals surface area contributed by atoms with E-state index in [4.69, 9.17) is 4.84 Å². The number of hydrogen-bond donors (Lipinski definition) is 1. The van der Waals surface area contributed by atoms with Gasteiger partial charge in [-0.2, -0.15) is 0 Å². The Labute approximate surface area is 164 Å². The lowest BCUT2D eigenvalue weighted by atomic mass is 10.1. The zero-order valence-electron chi connectivity index (χ0n) is 14.2. The van der Waals surface area contributed by atoms with Crippen LogP contribution in [0.15, 0.2) is 70.2 Å². The van der Waals surface area contributed by atoms with Crippen LogP contribution in [0.3, 0.4) is 0 Å². The Kier molecular flexibility index (Phi) is 5.45. The molecule has 0 radical (unpaired) electrons. The largest absolute Gasteiger partial charge is 0.382 e. The minimum atomic E-state index is -0.649. The predicted molar refractivity (Wildman–Crippen MR) is 107 cm³/mol. The van der Waals surface area contributed by atoms with Gasteiger partial charge in [0.2, 0.25) is 11.2 Å². The third kappa shape index (κ3) is 4.53. The summed E-state index contributed by atoms with van der Waals surface area (Å²) >= 11 is 2.94. The Morgan fingerprint density at radius 2 is 1.85 bits per heavy atom. The Morgan fingerprint density at radius 1 is 1.11 bits per heavy atom. The summed E-state index contributed by atoms with van der Waals surface area (Å²) in [6.07, 6.45) is -0.214. The fourth-order valence-electron chi connectivity index (χ4n) is 2.54. The van der Waals surface area contributed by atoms with Crippen LogP contribution in [0, 0.1) is 0 Å². The van der Waals surface area contributed by atoms with Crippen LogP contribution in [0.2, 0.25) is 0 Å². The first kappa shape index (κ1) is 17.7. The second-order valence-corrected chi connectivity index (χ2v) is 8.04. The van der Waals surface area contributed by atoms with Crippen molar-refractivity contribution in [2.24, 2.45) is 5.16 Å². The molecule has 8 heteroatoms. The molecule has 27 heavy (non-hydrogen) atoms. The lowest BCUT2D eigenvalue weighted by molar-refractivity contribution is -0.125. The average molecular weight is 396 g/mol. The van der Waals surface area contributed by atoms with Gasteiger partial charge in [-0.1, -0.05) is 88.9 Å². The third-order valence-corrected chi connectivity index (χ3v) is 5.95. The molecule has 0 saturated heterocycles. The molecule has 1 aliphatic rings. The van der Waals surface area contributed by atoms with Gasteiger partial charge in [-0.15, -0.1) is 10.2 Å². The molecule has 136 valence electrons. The van der Waals surface area contributed by atoms with Gasteiger partial charge in [-0.3, -0.25) is 10.1 Å². The fourth-order valence-corrected chi connectivity index (χ4v) is 4.25. The number of nitrogens with zero attached hydrogens (tertiary/aromatic N) is 3. The van der Waals surface area contributed by atoms with Gasteiger partial charge in [0, 0.05) is 12.2 Å². The smallest absolute Gasteiger partial charge is 0.270 e. The molecular weight excluding hydrogens is 380 g/mol. The topological polar surface area (TPSA) is 76.5 Å². The van der Waals surface area contributed by atoms with E-state index in [1.807, 2.05) is 48.5 Å². The minimum absolute atomic E-state index is 0.263. The average Bonchev–Trinajstić information content (AvgIpc) is 3.38. The maximum atomic E-state index is 12.4. The van der Waals surface area contributed by atoms with Crippen molar-refractivity contribution in [3.8, 4) is 0 Å². The van der Waals surface area contributed by atoms with E-state index >= 15 is 0 Å². The highest BCUT2D eigenvalue weighted by molar-refractivity contribution is 8.00. The molecule has 0 aliphatic carbocycles. The van der Waals surface area contributed by atoms with Gasteiger partial charge in [0.15, 0.2) is 4.34 Å². The van der Waals surface area contributed by atoms with Crippen molar-refractivity contribution < 1.29 is 9.63 Å². The number of carbonyl (C=O) groups is 1. The highest BCUT2D eigenvalue weighted by Crippen LogP contribution is 2.28. The van der Waals surface area contributed by atoms with E-state index in [1.165, 1.54) is 16.9 Å². The van der Waals surface area contributed by atoms with Gasteiger partial charge < -0.3 is 4.84 Å². The van der Waals surface area contributed by atoms with E-state index in [2.05, 4.69) is 32.8 Å². The number of aromatic nitrogens is 2. The zero-order chi connectivity index (χ0) is 18.5. The van der Waals surface area contributed by atoms with Crippen LogP contribution >= 0.6 is 23.1 Å². The van der Waals surface area contributed by atoms with Crippen LogP contribution in [0.5, 0.6) is 0 Å². The van der Waals surface area contributed by atoms with Crippen molar-refractivity contribution >= 4 is 39.8 Å². The normalized spacial score (nSPS) is 15.9. The molecule has 1 amide bonds. The predicted octanol–water partition coefficient (Wildman–Crippen LogP) is 3.96. The first-order valence-corrected chi connectivity index (χ1v) is 10.2. The van der Waals surface area contributed by atoms with Crippen molar-refractivity contribution in [3.05, 3.63) is 71.8 Å². The Balaban J connectivity index is 1.30. The molecule has 2 heterocycles. The summed E-state index contributed by atoms with van der Waals surface area (Å²) in [5.41, 5.74) is 2.95. The minimum Gasteiger partial charge on any atom is -0.382 e. The molecule has 1 N–H and O–H groups in total. The molecule has 1 unspecified atom stereocenters. The van der Waals surface area contributed by atoms with Crippen LogP contribution in [0.1, 0.15) is 17.5 Å². The SMILES string of the molecule is O=C(Nc1nnc(SCc2ccccc2)s1)C1CC(c2ccccc2)=NO1. The molecule has 2 aromatic carbocycles. The van der Waals surface area contributed by atoms with Crippen molar-refractivity contribution in [1.29, 1.82) is 0 Å². The number of rotatable bonds is 6. The van der Waals surface area contributed by atoms with Gasteiger partial charge in [0.05, 0.1) is 5.71 Å². The lowest BCUT2D eigenvalue weighted by Gasteiger charge is -2.06. The van der Waals surface area contributed by atoms with Gasteiger partial charge >= 0.3 is 0 Å². The van der Waals surface area contributed by atoms with Gasteiger partial charge in [-0.25, -0.2) is 0 Å². The number of amides is 1. The number of anilines is 1. The monoisotopic (exact) mass is 396 g/mol. The van der Waals surface area contributed by atoms with Crippen molar-refractivity contribution in [2.45, 2.75) is 22.6 Å². The second-order valence-electron chi connectivity index (χ2n) is 5.84. The first-order valence-electron chi connectivity index (χ1n) is 8.37. The molecule has 1 aliphatic heterocycles. The van der Waals surface area contributed by atoms with Crippen LogP contribution in [-0.4, -0.2) is 27.9 Å². The summed E-state index contributed by atoms with van der Waals surface area (Å²) in [5, 5.41) is 15.4. The molecule has 0 spiro atoms. The summed E-state index contributed by atoms with van der Waals surface area (Å²) in [6.45, 7) is 0. The molecule has 0 fully saturated rings. The third-order valence-electron chi connectivity index (χ3n) is 3.91. The summed E-state index contributed by atoms with van der Waals surface area (Å²) in [7, 11) is 0. The summed E-state index contributed by atoms with van der Waals surface area (Å²) < 4.78 is 0.808. The van der Waals surface area contributed by atoms with Gasteiger partial charge in [0.25, 0.3) is 5.91 Å². The number of nitrogens with one attached hydrogen (secondary N) is 1. The highest BCUT2D eigenvalue weighted by Gasteiger charge is 2.29. The zero-order valence-corrected chi connectivity index (χ0v) is 15.9. The van der Waals surface area contributed by atoms with Crippen LogP contribution in [0.4, 0.5) is 5.13 Å². The first-order chi connectivity index (χ1) is 13.3. The standard InChI is InChI=1S/C19H16N4O2S2/c24-17(16-11-15(23-25-16)14-9-5-2-6-10-14)20-18-21-22-19(27-18)26-12-13-7-3-1-4-8-13/h1-10,16H,11-12H2,(H,20,21,24). The maximum absolute atomic E-state index is 12.4. The van der Waals surface area contributed by atoms with Crippen molar-refractivity contribution in [2.75, 3.05) is 5.32 Å². The second kappa shape index (κ2) is 8.32. The molecule has 4 rings (SSSR count). The van der Waals surface area contributed by atoms with E-state index in [9.17, 15) is 4.79 Å². The quantitative estimate of drug-likeness (QED) is 0.504. The fraction of sp³-hybridized carbons (Fsp3) is 0.158. The van der Waals surface area contributed by atoms with Crippen molar-refractivity contribution in [1.82, 2.24) is 10.2 Å². The number of benzene rings is 2. The number of carbonyl (C=O) groups excluding carboxylic acids is 1. The Hall–Kier alpha value is -2.71. The number of thioether (sulfide) groups is 1. The summed E-state index contributed by atoms with van der Waals surface area (Å²) in [6, 6.07) is 19.8. The molecule has 6 nitrogen and oxygen atoms in total. The molecule has 0 bridgehead atoms. The molecule has 0 saturated carbocycles. The molecular formula is C19H16N4O2S2. The van der Waals surface area contributed by atoms with Gasteiger partial charge in [0.1, 0.15) is 0 Å². The van der Waals surface area contributed by atoms with E-state index in [0.717, 1.165) is 21.4 Å². The summed E-state index contributed by atoms with van der Waals surface area (Å²) in [4.78, 5) is 17.7. The molecule has 3 aromatic rings. The van der Waals surface area contributed by atoms with E-state index in [0.29, 0.717) is 11.6 Å². The van der Waals surface area contributed by atoms with Crippen molar-refractivity contribution in [3.63, 3.8) is 0 Å². The van der Waals surface area contributed by atoms with Crippen LogP contribution in [-0.2, 0) is 15.4 Å². The number of hydrogen-bond acceptors (Lipinski definition) is 7. The lowest BCUT2D eigenvalue weighted by Crippen LogP contribution is -2.28. The van der Waals surface area contributed by atoms with Crippen LogP contribution in [0.25, 0.3) is 0 Å². The molecule has 1 atom stereocenters. The van der Waals surface area contributed by atoms with E-state index < -0.39 is 6.10 Å². The Bertz CT molecular complexity index is 945. The maximum Gasteiger partial charge on any atom is 0.270 e. The van der Waals surface area contributed by atoms with Crippen LogP contribution < -0.4 is 5.32 Å². The van der Waals surface area contributed by atoms with E-state index in [1.54, 1.807) is 11.8 Å². The Morgan fingerprint density at radius 3 is 2.63 bits per heavy atom. The van der Waals surface area contributed by atoms with E-state index in [-0.39, 0.29) is 5.91 Å². The summed E-state index contributed by atoms with van der Waals surface area (Å²) in [5.74, 6) is 0.545.